The number of methoxy groups -OCH3 is 1. The highest BCUT2D eigenvalue weighted by Gasteiger charge is 2.07. The molecule has 1 N–H and O–H groups in total. The fourth-order valence-electron chi connectivity index (χ4n) is 2.25. The standard InChI is InChI=1S/C17H20N2O2/c1-12-11-16(21-3)13(2)10-15(12)6-9-19-17(20)14-4-7-18-8-5-14/h4-5,7-8,10-11H,6,9H2,1-3H3,(H,19,20). The number of hydrogen-bond acceptors (Lipinski definition) is 3. The Morgan fingerprint density at radius 2 is 1.90 bits per heavy atom. The van der Waals surface area contributed by atoms with Gasteiger partial charge in [-0.15, -0.1) is 0 Å². The van der Waals surface area contributed by atoms with Gasteiger partial charge in [0.15, 0.2) is 0 Å². The molecule has 1 amide bonds. The Morgan fingerprint density at radius 1 is 1.19 bits per heavy atom. The van der Waals surface area contributed by atoms with Gasteiger partial charge in [-0.05, 0) is 55.2 Å². The molecule has 1 aromatic heterocycles. The summed E-state index contributed by atoms with van der Waals surface area (Å²) < 4.78 is 5.31. The van der Waals surface area contributed by atoms with E-state index in [-0.39, 0.29) is 5.91 Å². The number of rotatable bonds is 5. The van der Waals surface area contributed by atoms with E-state index >= 15 is 0 Å². The highest BCUT2D eigenvalue weighted by atomic mass is 16.5. The van der Waals surface area contributed by atoms with Crippen LogP contribution in [-0.4, -0.2) is 24.5 Å². The van der Waals surface area contributed by atoms with Crippen molar-refractivity contribution in [2.75, 3.05) is 13.7 Å². The molecular formula is C17H20N2O2. The van der Waals surface area contributed by atoms with Gasteiger partial charge in [-0.2, -0.15) is 0 Å². The molecular weight excluding hydrogens is 264 g/mol. The Hall–Kier alpha value is -2.36. The van der Waals surface area contributed by atoms with E-state index in [1.165, 1.54) is 11.1 Å². The third-order valence-corrected chi connectivity index (χ3v) is 3.48. The van der Waals surface area contributed by atoms with Crippen molar-refractivity contribution in [1.29, 1.82) is 0 Å². The predicted molar refractivity (Wildman–Crippen MR) is 82.7 cm³/mol. The van der Waals surface area contributed by atoms with E-state index < -0.39 is 0 Å². The van der Waals surface area contributed by atoms with Gasteiger partial charge < -0.3 is 10.1 Å². The van der Waals surface area contributed by atoms with Crippen LogP contribution in [0.4, 0.5) is 0 Å². The fraction of sp³-hybridized carbons (Fsp3) is 0.294. The maximum atomic E-state index is 11.9. The maximum Gasteiger partial charge on any atom is 0.251 e. The molecule has 0 aliphatic rings. The van der Waals surface area contributed by atoms with Crippen molar-refractivity contribution < 1.29 is 9.53 Å². The molecule has 1 heterocycles. The summed E-state index contributed by atoms with van der Waals surface area (Å²) in [5, 5.41) is 2.92. The maximum absolute atomic E-state index is 11.9. The number of nitrogens with zero attached hydrogens (tertiary/aromatic N) is 1. The molecule has 0 unspecified atom stereocenters. The molecule has 1 aromatic carbocycles. The molecule has 2 aromatic rings. The van der Waals surface area contributed by atoms with Gasteiger partial charge in [0.1, 0.15) is 5.75 Å². The zero-order valence-corrected chi connectivity index (χ0v) is 12.6. The van der Waals surface area contributed by atoms with Crippen LogP contribution in [0.2, 0.25) is 0 Å². The zero-order valence-electron chi connectivity index (χ0n) is 12.6. The predicted octanol–water partition coefficient (Wildman–Crippen LogP) is 2.68. The first-order valence-corrected chi connectivity index (χ1v) is 6.94. The van der Waals surface area contributed by atoms with Gasteiger partial charge in [0.2, 0.25) is 0 Å². The number of amides is 1. The molecule has 0 saturated carbocycles. The van der Waals surface area contributed by atoms with Crippen LogP contribution in [0.3, 0.4) is 0 Å². The minimum Gasteiger partial charge on any atom is -0.496 e. The third kappa shape index (κ3) is 3.81. The number of hydrogen-bond donors (Lipinski definition) is 1. The Labute approximate surface area is 125 Å². The molecule has 0 atom stereocenters. The van der Waals surface area contributed by atoms with Crippen LogP contribution in [0.25, 0.3) is 0 Å². The van der Waals surface area contributed by atoms with Gasteiger partial charge in [-0.25, -0.2) is 0 Å². The third-order valence-electron chi connectivity index (χ3n) is 3.48. The summed E-state index contributed by atoms with van der Waals surface area (Å²) in [7, 11) is 1.68. The lowest BCUT2D eigenvalue weighted by Gasteiger charge is -2.12. The van der Waals surface area contributed by atoms with E-state index in [9.17, 15) is 4.79 Å². The second-order valence-corrected chi connectivity index (χ2v) is 4.99. The summed E-state index contributed by atoms with van der Waals surface area (Å²) in [5.74, 6) is 0.831. The average molecular weight is 284 g/mol. The molecule has 0 saturated heterocycles. The van der Waals surface area contributed by atoms with E-state index in [2.05, 4.69) is 23.3 Å². The second kappa shape index (κ2) is 6.88. The van der Waals surface area contributed by atoms with E-state index in [4.69, 9.17) is 4.74 Å². The van der Waals surface area contributed by atoms with E-state index in [0.29, 0.717) is 12.1 Å². The van der Waals surface area contributed by atoms with Gasteiger partial charge in [0, 0.05) is 24.5 Å². The lowest BCUT2D eigenvalue weighted by molar-refractivity contribution is 0.0954. The Kier molecular flexibility index (Phi) is 4.93. The van der Waals surface area contributed by atoms with Crippen LogP contribution >= 0.6 is 0 Å². The van der Waals surface area contributed by atoms with Gasteiger partial charge in [0.25, 0.3) is 5.91 Å². The van der Waals surface area contributed by atoms with Crippen molar-refractivity contribution in [3.05, 3.63) is 58.9 Å². The molecule has 0 spiro atoms. The van der Waals surface area contributed by atoms with Gasteiger partial charge >= 0.3 is 0 Å². The van der Waals surface area contributed by atoms with Crippen molar-refractivity contribution in [3.8, 4) is 5.75 Å². The molecule has 21 heavy (non-hydrogen) atoms. The lowest BCUT2D eigenvalue weighted by Crippen LogP contribution is -2.25. The summed E-state index contributed by atoms with van der Waals surface area (Å²) in [6.07, 6.45) is 4.03. The van der Waals surface area contributed by atoms with Crippen molar-refractivity contribution >= 4 is 5.91 Å². The van der Waals surface area contributed by atoms with Crippen molar-refractivity contribution in [2.24, 2.45) is 0 Å². The topological polar surface area (TPSA) is 51.2 Å². The van der Waals surface area contributed by atoms with Gasteiger partial charge in [0.05, 0.1) is 7.11 Å². The van der Waals surface area contributed by atoms with E-state index in [1.807, 2.05) is 13.0 Å². The first-order chi connectivity index (χ1) is 10.1. The number of benzene rings is 1. The minimum atomic E-state index is -0.0692. The molecule has 0 bridgehead atoms. The molecule has 0 fully saturated rings. The van der Waals surface area contributed by atoms with Crippen LogP contribution in [0.5, 0.6) is 5.75 Å². The first kappa shape index (κ1) is 15.0. The van der Waals surface area contributed by atoms with Crippen molar-refractivity contribution in [3.63, 3.8) is 0 Å². The SMILES string of the molecule is COc1cc(C)c(CCNC(=O)c2ccncc2)cc1C. The molecule has 0 aliphatic carbocycles. The Balaban J connectivity index is 1.95. The number of carbonyl (C=O) groups is 1. The number of pyridine rings is 1. The van der Waals surface area contributed by atoms with Crippen molar-refractivity contribution in [2.45, 2.75) is 20.3 Å². The molecule has 0 radical (unpaired) electrons. The summed E-state index contributed by atoms with van der Waals surface area (Å²) >= 11 is 0. The van der Waals surface area contributed by atoms with Crippen LogP contribution in [0.1, 0.15) is 27.0 Å². The van der Waals surface area contributed by atoms with E-state index in [1.54, 1.807) is 31.6 Å². The molecule has 4 nitrogen and oxygen atoms in total. The van der Waals surface area contributed by atoms with Crippen molar-refractivity contribution in [1.82, 2.24) is 10.3 Å². The fourth-order valence-corrected chi connectivity index (χ4v) is 2.25. The normalized spacial score (nSPS) is 10.2. The Morgan fingerprint density at radius 3 is 2.57 bits per heavy atom. The Bertz CT molecular complexity index is 624. The summed E-state index contributed by atoms with van der Waals surface area (Å²) in [4.78, 5) is 15.8. The molecule has 0 aliphatic heterocycles. The van der Waals surface area contributed by atoms with Gasteiger partial charge in [-0.3, -0.25) is 9.78 Å². The zero-order chi connectivity index (χ0) is 15.2. The highest BCUT2D eigenvalue weighted by molar-refractivity contribution is 5.93. The average Bonchev–Trinajstić information content (AvgIpc) is 2.51. The molecule has 110 valence electrons. The number of carbonyl (C=O) groups excluding carboxylic acids is 1. The largest absolute Gasteiger partial charge is 0.496 e. The smallest absolute Gasteiger partial charge is 0.251 e. The highest BCUT2D eigenvalue weighted by Crippen LogP contribution is 2.22. The summed E-state index contributed by atoms with van der Waals surface area (Å²) in [5.41, 5.74) is 4.14. The number of aromatic nitrogens is 1. The quantitative estimate of drug-likeness (QED) is 0.918. The number of ether oxygens (including phenoxy) is 1. The van der Waals surface area contributed by atoms with E-state index in [0.717, 1.165) is 17.7 Å². The summed E-state index contributed by atoms with van der Waals surface area (Å²) in [6, 6.07) is 7.57. The molecule has 2 rings (SSSR count). The van der Waals surface area contributed by atoms with Crippen LogP contribution in [-0.2, 0) is 6.42 Å². The van der Waals surface area contributed by atoms with Crippen LogP contribution in [0.15, 0.2) is 36.7 Å². The first-order valence-electron chi connectivity index (χ1n) is 6.94. The summed E-state index contributed by atoms with van der Waals surface area (Å²) in [6.45, 7) is 4.69. The number of nitrogens with one attached hydrogen (secondary N) is 1. The molecule has 4 heteroatoms. The van der Waals surface area contributed by atoms with Crippen LogP contribution in [0, 0.1) is 13.8 Å². The van der Waals surface area contributed by atoms with Crippen LogP contribution < -0.4 is 10.1 Å². The number of aryl methyl sites for hydroxylation is 2. The monoisotopic (exact) mass is 284 g/mol. The second-order valence-electron chi connectivity index (χ2n) is 4.99. The minimum absolute atomic E-state index is 0.0692. The van der Waals surface area contributed by atoms with Gasteiger partial charge in [-0.1, -0.05) is 6.07 Å². The lowest BCUT2D eigenvalue weighted by atomic mass is 10.0.